The van der Waals surface area contributed by atoms with Crippen LogP contribution in [0.3, 0.4) is 0 Å². The van der Waals surface area contributed by atoms with Gasteiger partial charge in [-0.3, -0.25) is 18.0 Å². The molecule has 284 valence electrons. The summed E-state index contributed by atoms with van der Waals surface area (Å²) in [5.41, 5.74) is 0.303. The van der Waals surface area contributed by atoms with Gasteiger partial charge in [0.2, 0.25) is 5.91 Å². The van der Waals surface area contributed by atoms with Gasteiger partial charge in [0.05, 0.1) is 12.2 Å². The Morgan fingerprint density at radius 3 is 1.29 bits per heavy atom. The molecule has 2 amide bonds. The zero-order valence-corrected chi connectivity index (χ0v) is 34.2. The second-order valence-corrected chi connectivity index (χ2v) is 15.9. The van der Waals surface area contributed by atoms with E-state index in [1.807, 2.05) is 0 Å². The summed E-state index contributed by atoms with van der Waals surface area (Å²) in [5.74, 6) is -0.204. The van der Waals surface area contributed by atoms with Gasteiger partial charge in [0.25, 0.3) is 5.91 Å². The van der Waals surface area contributed by atoms with Crippen LogP contribution in [0.15, 0.2) is 18.2 Å². The van der Waals surface area contributed by atoms with Crippen molar-refractivity contribution in [2.75, 3.05) is 6.61 Å². The van der Waals surface area contributed by atoms with Crippen molar-refractivity contribution in [1.29, 1.82) is 0 Å². The molecule has 1 rings (SSSR count). The Labute approximate surface area is 313 Å². The topological polar surface area (TPSA) is 72.5 Å². The van der Waals surface area contributed by atoms with Gasteiger partial charge in [-0.2, -0.15) is 0 Å². The largest absolute Gasteiger partial charge is 0.492 e. The molecule has 0 fully saturated rings. The lowest BCUT2D eigenvalue weighted by Gasteiger charge is -2.11. The van der Waals surface area contributed by atoms with E-state index in [1.54, 1.807) is 18.2 Å². The SMILES string of the molecule is CCCCCCCCCCCCCCCCCCOc1cccc(C(=O)NC(=O)CCCCCCCCCCCCCCCCC)c1I=O. The summed E-state index contributed by atoms with van der Waals surface area (Å²) in [6.07, 6.45) is 40.7. The maximum Gasteiger partial charge on any atom is 0.259 e. The number of carbonyl (C=O) groups is 2. The number of benzene rings is 1. The second kappa shape index (κ2) is 35.1. The zero-order valence-electron chi connectivity index (χ0n) is 32.1. The highest BCUT2D eigenvalue weighted by molar-refractivity contribution is 14.1. The molecule has 1 N–H and O–H groups in total. The van der Waals surface area contributed by atoms with Gasteiger partial charge in [0.15, 0.2) is 21.2 Å². The molecule has 5 nitrogen and oxygen atoms in total. The fraction of sp³-hybridized carbons (Fsp3) is 0.814. The van der Waals surface area contributed by atoms with Gasteiger partial charge in [-0.25, -0.2) is 0 Å². The van der Waals surface area contributed by atoms with Crippen molar-refractivity contribution in [3.8, 4) is 5.75 Å². The monoisotopic (exact) mass is 797 g/mol. The van der Waals surface area contributed by atoms with E-state index < -0.39 is 27.1 Å². The Morgan fingerprint density at radius 1 is 0.531 bits per heavy atom. The molecule has 0 atom stereocenters. The molecule has 1 aromatic rings. The fourth-order valence-corrected chi connectivity index (χ4v) is 7.84. The lowest BCUT2D eigenvalue weighted by molar-refractivity contribution is -0.120. The first-order valence-electron chi connectivity index (χ1n) is 21.0. The number of halogens is 1. The van der Waals surface area contributed by atoms with Crippen molar-refractivity contribution in [2.24, 2.45) is 0 Å². The lowest BCUT2D eigenvalue weighted by atomic mass is 10.0. The van der Waals surface area contributed by atoms with E-state index in [0.717, 1.165) is 32.1 Å². The van der Waals surface area contributed by atoms with Crippen LogP contribution in [0.4, 0.5) is 0 Å². The van der Waals surface area contributed by atoms with Gasteiger partial charge in [-0.15, -0.1) is 0 Å². The second-order valence-electron chi connectivity index (χ2n) is 14.4. The minimum Gasteiger partial charge on any atom is -0.492 e. The fourth-order valence-electron chi connectivity index (χ4n) is 6.62. The molecular formula is C43H76INO4. The average Bonchev–Trinajstić information content (AvgIpc) is 3.11. The number of amides is 2. The number of hydrogen-bond donors (Lipinski definition) is 1. The van der Waals surface area contributed by atoms with Gasteiger partial charge in [0.1, 0.15) is 9.32 Å². The molecule has 0 aliphatic heterocycles. The first-order chi connectivity index (χ1) is 24.1. The Balaban J connectivity index is 2.08. The number of carbonyl (C=O) groups excluding carboxylic acids is 2. The minimum absolute atomic E-state index is 0.255. The minimum atomic E-state index is -1.62. The highest BCUT2D eigenvalue weighted by Crippen LogP contribution is 2.28. The van der Waals surface area contributed by atoms with Gasteiger partial charge < -0.3 is 4.74 Å². The maximum atomic E-state index is 12.9. The van der Waals surface area contributed by atoms with Crippen molar-refractivity contribution >= 4 is 33.0 Å². The summed E-state index contributed by atoms with van der Waals surface area (Å²) in [5, 5.41) is 2.52. The van der Waals surface area contributed by atoms with Crippen LogP contribution >= 0.6 is 21.2 Å². The molecule has 0 saturated carbocycles. The summed E-state index contributed by atoms with van der Waals surface area (Å²) < 4.78 is 18.6. The van der Waals surface area contributed by atoms with Crippen LogP contribution < -0.4 is 10.1 Å². The molecule has 0 radical (unpaired) electrons. The van der Waals surface area contributed by atoms with E-state index in [2.05, 4.69) is 19.2 Å². The molecule has 0 unspecified atom stereocenters. The number of imide groups is 1. The Hall–Kier alpha value is -1.31. The predicted octanol–water partition coefficient (Wildman–Crippen LogP) is 14.3. The summed E-state index contributed by atoms with van der Waals surface area (Å²) in [6.45, 7) is 5.10. The summed E-state index contributed by atoms with van der Waals surface area (Å²) in [7, 11) is 0. The molecule has 0 aliphatic rings. The summed E-state index contributed by atoms with van der Waals surface area (Å²) in [4.78, 5) is 25.3. The third-order valence-electron chi connectivity index (χ3n) is 9.80. The Bertz CT molecular complexity index is 936. The molecule has 6 heteroatoms. The van der Waals surface area contributed by atoms with Crippen molar-refractivity contribution in [2.45, 2.75) is 219 Å². The summed E-state index contributed by atoms with van der Waals surface area (Å²) >= 11 is -1.62. The molecule has 0 aliphatic carbocycles. The number of rotatable bonds is 36. The number of nitrogens with one attached hydrogen (secondary N) is 1. The smallest absolute Gasteiger partial charge is 0.259 e. The molecule has 0 aromatic heterocycles. The van der Waals surface area contributed by atoms with E-state index in [4.69, 9.17) is 4.74 Å². The third kappa shape index (κ3) is 27.1. The van der Waals surface area contributed by atoms with Crippen molar-refractivity contribution in [3.05, 3.63) is 27.3 Å². The van der Waals surface area contributed by atoms with Crippen LogP contribution in [0.25, 0.3) is 0 Å². The quantitative estimate of drug-likeness (QED) is 0.0542. The van der Waals surface area contributed by atoms with Crippen LogP contribution in [0.1, 0.15) is 230 Å². The molecule has 0 bridgehead atoms. The summed E-state index contributed by atoms with van der Waals surface area (Å²) in [6, 6.07) is 5.18. The first-order valence-corrected chi connectivity index (χ1v) is 23.0. The molecular weight excluding hydrogens is 721 g/mol. The van der Waals surface area contributed by atoms with Gasteiger partial charge in [-0.05, 0) is 25.0 Å². The number of ether oxygens (including phenoxy) is 1. The van der Waals surface area contributed by atoms with Gasteiger partial charge in [0, 0.05) is 6.42 Å². The molecule has 49 heavy (non-hydrogen) atoms. The normalized spacial score (nSPS) is 11.2. The number of hydrogen-bond acceptors (Lipinski definition) is 4. The van der Waals surface area contributed by atoms with Crippen LogP contribution in [0.2, 0.25) is 0 Å². The first kappa shape index (κ1) is 45.7. The van der Waals surface area contributed by atoms with E-state index >= 15 is 0 Å². The molecule has 1 aromatic carbocycles. The van der Waals surface area contributed by atoms with Gasteiger partial charge >= 0.3 is 0 Å². The Kier molecular flexibility index (Phi) is 32.8. The van der Waals surface area contributed by atoms with E-state index in [1.165, 1.54) is 167 Å². The molecule has 0 saturated heterocycles. The molecule has 0 spiro atoms. The average molecular weight is 798 g/mol. The van der Waals surface area contributed by atoms with E-state index in [-0.39, 0.29) is 5.91 Å². The van der Waals surface area contributed by atoms with Crippen molar-refractivity contribution < 1.29 is 17.4 Å². The van der Waals surface area contributed by atoms with Gasteiger partial charge in [-0.1, -0.05) is 206 Å². The number of unbranched alkanes of at least 4 members (excludes halogenated alkanes) is 29. The van der Waals surface area contributed by atoms with Crippen molar-refractivity contribution in [1.82, 2.24) is 5.32 Å². The maximum absolute atomic E-state index is 12.9. The van der Waals surface area contributed by atoms with E-state index in [9.17, 15) is 12.7 Å². The van der Waals surface area contributed by atoms with E-state index in [0.29, 0.717) is 27.9 Å². The molecule has 0 heterocycles. The third-order valence-corrected chi connectivity index (χ3v) is 11.4. The highest BCUT2D eigenvalue weighted by atomic mass is 127. The predicted molar refractivity (Wildman–Crippen MR) is 217 cm³/mol. The van der Waals surface area contributed by atoms with Crippen LogP contribution in [-0.4, -0.2) is 18.4 Å². The van der Waals surface area contributed by atoms with Crippen LogP contribution in [0.5, 0.6) is 5.75 Å². The van der Waals surface area contributed by atoms with Crippen LogP contribution in [0, 0.1) is 3.57 Å². The van der Waals surface area contributed by atoms with Crippen molar-refractivity contribution in [3.63, 3.8) is 0 Å². The zero-order chi connectivity index (χ0) is 35.5. The highest BCUT2D eigenvalue weighted by Gasteiger charge is 2.18. The standard InChI is InChI=1S/C43H76INO4/c1-3-5-7-9-11-13-15-17-19-21-23-25-27-29-31-33-38-49-40-36-34-35-39(42(40)44-48)43(47)45-41(46)37-32-30-28-26-24-22-20-18-16-14-12-10-8-6-4-2/h34-36H,3-33,37-38H2,1-2H3,(H,45,46,47). The lowest BCUT2D eigenvalue weighted by Crippen LogP contribution is -2.30. The Morgan fingerprint density at radius 2 is 0.898 bits per heavy atom. The van der Waals surface area contributed by atoms with Crippen LogP contribution in [-0.2, 0) is 7.86 Å².